The van der Waals surface area contributed by atoms with Crippen molar-refractivity contribution in [2.75, 3.05) is 7.11 Å². The molecular weight excluding hydrogens is 156 g/mol. The Morgan fingerprint density at radius 1 is 1.42 bits per heavy atom. The number of methoxy groups -OCH3 is 1. The van der Waals surface area contributed by atoms with Crippen molar-refractivity contribution in [2.45, 2.75) is 33.0 Å². The lowest BCUT2D eigenvalue weighted by molar-refractivity contribution is -0.130. The Bertz CT molecular complexity index is 228. The number of carbonyl (C=O) groups is 1. The number of ketones is 1. The highest BCUT2D eigenvalue weighted by molar-refractivity contribution is 6.07. The van der Waals surface area contributed by atoms with Crippen LogP contribution < -0.4 is 0 Å². The molecule has 0 radical (unpaired) electrons. The van der Waals surface area contributed by atoms with Gasteiger partial charge in [-0.1, -0.05) is 0 Å². The minimum atomic E-state index is -0.451. The number of carbonyl (C=O) groups excluding carboxylic acids is 1. The molecule has 1 aliphatic carbocycles. The van der Waals surface area contributed by atoms with Gasteiger partial charge in [0.1, 0.15) is 5.76 Å². The summed E-state index contributed by atoms with van der Waals surface area (Å²) in [4.78, 5) is 11.1. The molecule has 0 N–H and O–H groups in total. The molecule has 3 nitrogen and oxygen atoms in total. The van der Waals surface area contributed by atoms with Crippen molar-refractivity contribution in [1.29, 1.82) is 0 Å². The largest absolute Gasteiger partial charge is 0.492 e. The highest BCUT2D eigenvalue weighted by Gasteiger charge is 2.38. The summed E-state index contributed by atoms with van der Waals surface area (Å²) in [5, 5.41) is 0. The maximum atomic E-state index is 11.1. The molecule has 1 rings (SSSR count). The zero-order chi connectivity index (χ0) is 9.30. The van der Waals surface area contributed by atoms with Gasteiger partial charge in [-0.3, -0.25) is 4.79 Å². The van der Waals surface area contributed by atoms with Crippen LogP contribution in [0.2, 0.25) is 0 Å². The van der Waals surface area contributed by atoms with Crippen LogP contribution in [-0.4, -0.2) is 25.1 Å². The molecule has 0 aromatic rings. The van der Waals surface area contributed by atoms with Gasteiger partial charge >= 0.3 is 0 Å². The van der Waals surface area contributed by atoms with Crippen molar-refractivity contribution in [3.8, 4) is 0 Å². The minimum Gasteiger partial charge on any atom is -0.492 e. The molecule has 3 heteroatoms. The third-order valence-electron chi connectivity index (χ3n) is 1.81. The standard InChI is InChI=1S/C9H14O3/c1-5(2)12-8-6(3)7(10)9(8)11-4/h5,9H,1-4H3. The summed E-state index contributed by atoms with van der Waals surface area (Å²) in [6.45, 7) is 5.61. The van der Waals surface area contributed by atoms with Crippen LogP contribution in [0.5, 0.6) is 0 Å². The van der Waals surface area contributed by atoms with E-state index in [4.69, 9.17) is 9.47 Å². The van der Waals surface area contributed by atoms with Crippen molar-refractivity contribution in [3.63, 3.8) is 0 Å². The molecule has 1 atom stereocenters. The molecule has 1 unspecified atom stereocenters. The van der Waals surface area contributed by atoms with Crippen LogP contribution in [0.4, 0.5) is 0 Å². The normalized spacial score (nSPS) is 23.1. The highest BCUT2D eigenvalue weighted by atomic mass is 16.5. The van der Waals surface area contributed by atoms with Gasteiger partial charge in [-0.2, -0.15) is 0 Å². The summed E-state index contributed by atoms with van der Waals surface area (Å²) in [5.74, 6) is 0.727. The third-order valence-corrected chi connectivity index (χ3v) is 1.81. The van der Waals surface area contributed by atoms with Crippen LogP contribution in [0.25, 0.3) is 0 Å². The van der Waals surface area contributed by atoms with E-state index in [9.17, 15) is 4.79 Å². The smallest absolute Gasteiger partial charge is 0.198 e. The fraction of sp³-hybridized carbons (Fsp3) is 0.667. The molecule has 68 valence electrons. The lowest BCUT2D eigenvalue weighted by atomic mass is 9.92. The maximum absolute atomic E-state index is 11.1. The van der Waals surface area contributed by atoms with Crippen LogP contribution in [0, 0.1) is 0 Å². The molecule has 0 heterocycles. The highest BCUT2D eigenvalue weighted by Crippen LogP contribution is 2.28. The average Bonchev–Trinajstić information content (AvgIpc) is 2.03. The predicted octanol–water partition coefficient (Wildman–Crippen LogP) is 1.28. The van der Waals surface area contributed by atoms with E-state index in [1.165, 1.54) is 7.11 Å². The lowest BCUT2D eigenvalue weighted by Crippen LogP contribution is -2.39. The number of ether oxygens (including phenoxy) is 2. The van der Waals surface area contributed by atoms with Crippen molar-refractivity contribution in [3.05, 3.63) is 11.3 Å². The summed E-state index contributed by atoms with van der Waals surface area (Å²) >= 11 is 0. The van der Waals surface area contributed by atoms with Crippen molar-refractivity contribution < 1.29 is 14.3 Å². The number of hydrogen-bond donors (Lipinski definition) is 0. The van der Waals surface area contributed by atoms with Crippen LogP contribution in [0.15, 0.2) is 11.3 Å². The minimum absolute atomic E-state index is 0.0353. The first-order valence-electron chi connectivity index (χ1n) is 4.02. The van der Waals surface area contributed by atoms with Gasteiger partial charge in [-0.15, -0.1) is 0 Å². The van der Waals surface area contributed by atoms with E-state index in [0.717, 1.165) is 0 Å². The third kappa shape index (κ3) is 1.37. The first-order chi connectivity index (χ1) is 5.57. The van der Waals surface area contributed by atoms with Crippen LogP contribution >= 0.6 is 0 Å². The molecule has 0 aromatic heterocycles. The van der Waals surface area contributed by atoms with Gasteiger partial charge < -0.3 is 9.47 Å². The van der Waals surface area contributed by atoms with Gasteiger partial charge in [0.15, 0.2) is 11.9 Å². The Morgan fingerprint density at radius 3 is 2.42 bits per heavy atom. The molecular formula is C9H14O3. The summed E-state index contributed by atoms with van der Waals surface area (Å²) in [6, 6.07) is 0. The van der Waals surface area contributed by atoms with E-state index < -0.39 is 6.10 Å². The molecule has 0 aliphatic heterocycles. The molecule has 0 saturated carbocycles. The second kappa shape index (κ2) is 3.27. The monoisotopic (exact) mass is 170 g/mol. The SMILES string of the molecule is COC1C(=O)C(C)=C1OC(C)C. The summed E-state index contributed by atoms with van der Waals surface area (Å²) in [5.41, 5.74) is 0.690. The average molecular weight is 170 g/mol. The Hall–Kier alpha value is -0.830. The summed E-state index contributed by atoms with van der Waals surface area (Å²) in [6.07, 6.45) is -0.354. The predicted molar refractivity (Wildman–Crippen MR) is 44.7 cm³/mol. The molecule has 1 aliphatic rings. The van der Waals surface area contributed by atoms with Crippen LogP contribution in [0.3, 0.4) is 0 Å². The summed E-state index contributed by atoms with van der Waals surface area (Å²) in [7, 11) is 1.51. The van der Waals surface area contributed by atoms with Gasteiger partial charge in [0, 0.05) is 12.7 Å². The van der Waals surface area contributed by atoms with Gasteiger partial charge in [0.25, 0.3) is 0 Å². The van der Waals surface area contributed by atoms with Gasteiger partial charge in [-0.25, -0.2) is 0 Å². The second-order valence-corrected chi connectivity index (χ2v) is 3.14. The molecule has 0 saturated heterocycles. The molecule has 0 aromatic carbocycles. The maximum Gasteiger partial charge on any atom is 0.198 e. The molecule has 0 fully saturated rings. The van der Waals surface area contributed by atoms with Crippen molar-refractivity contribution >= 4 is 5.78 Å². The van der Waals surface area contributed by atoms with Gasteiger partial charge in [-0.05, 0) is 20.8 Å². The quantitative estimate of drug-likeness (QED) is 0.640. The van der Waals surface area contributed by atoms with Crippen molar-refractivity contribution in [1.82, 2.24) is 0 Å². The van der Waals surface area contributed by atoms with Crippen LogP contribution in [-0.2, 0) is 14.3 Å². The molecule has 0 spiro atoms. The van der Waals surface area contributed by atoms with E-state index in [-0.39, 0.29) is 11.9 Å². The fourth-order valence-electron chi connectivity index (χ4n) is 1.17. The number of Topliss-reactive ketones (excluding diaryl/α,β-unsaturated/α-hetero) is 1. The van der Waals surface area contributed by atoms with Gasteiger partial charge in [0.2, 0.25) is 0 Å². The second-order valence-electron chi connectivity index (χ2n) is 3.14. The lowest BCUT2D eigenvalue weighted by Gasteiger charge is -2.29. The Balaban J connectivity index is 2.69. The molecule has 12 heavy (non-hydrogen) atoms. The Morgan fingerprint density at radius 2 is 2.00 bits per heavy atom. The summed E-state index contributed by atoms with van der Waals surface area (Å²) < 4.78 is 10.4. The van der Waals surface area contributed by atoms with E-state index in [0.29, 0.717) is 11.3 Å². The Labute approximate surface area is 72.4 Å². The van der Waals surface area contributed by atoms with E-state index in [2.05, 4.69) is 0 Å². The first-order valence-corrected chi connectivity index (χ1v) is 4.02. The molecule has 0 amide bonds. The van der Waals surface area contributed by atoms with E-state index in [1.807, 2.05) is 13.8 Å². The van der Waals surface area contributed by atoms with Crippen molar-refractivity contribution in [2.24, 2.45) is 0 Å². The fourth-order valence-corrected chi connectivity index (χ4v) is 1.17. The Kier molecular flexibility index (Phi) is 2.52. The number of hydrogen-bond acceptors (Lipinski definition) is 3. The first kappa shape index (κ1) is 9.26. The zero-order valence-electron chi connectivity index (χ0n) is 7.88. The number of rotatable bonds is 3. The van der Waals surface area contributed by atoms with Crippen LogP contribution in [0.1, 0.15) is 20.8 Å². The van der Waals surface area contributed by atoms with Gasteiger partial charge in [0.05, 0.1) is 6.10 Å². The molecule has 0 bridgehead atoms. The van der Waals surface area contributed by atoms with E-state index >= 15 is 0 Å². The van der Waals surface area contributed by atoms with E-state index in [1.54, 1.807) is 6.92 Å². The topological polar surface area (TPSA) is 35.5 Å². The zero-order valence-corrected chi connectivity index (χ0v) is 7.88.